The van der Waals surface area contributed by atoms with E-state index in [1.165, 1.54) is 25.7 Å². The van der Waals surface area contributed by atoms with Crippen LogP contribution in [-0.2, 0) is 9.53 Å². The fourth-order valence-electron chi connectivity index (χ4n) is 4.64. The van der Waals surface area contributed by atoms with Gasteiger partial charge in [0, 0.05) is 56.9 Å². The summed E-state index contributed by atoms with van der Waals surface area (Å²) in [7, 11) is 0. The quantitative estimate of drug-likeness (QED) is 0.911. The Hall–Kier alpha value is -1.69. The molecule has 0 radical (unpaired) electrons. The molecule has 3 heterocycles. The van der Waals surface area contributed by atoms with E-state index in [-0.39, 0.29) is 5.91 Å². The van der Waals surface area contributed by atoms with Crippen molar-refractivity contribution >= 4 is 11.7 Å². The monoisotopic (exact) mass is 344 g/mol. The smallest absolute Gasteiger partial charge is 0.217 e. The predicted molar refractivity (Wildman–Crippen MR) is 95.5 cm³/mol. The van der Waals surface area contributed by atoms with E-state index < -0.39 is 0 Å². The number of nitrogens with zero attached hydrogens (tertiary/aromatic N) is 3. The van der Waals surface area contributed by atoms with Crippen molar-refractivity contribution in [3.63, 3.8) is 0 Å². The Morgan fingerprint density at radius 1 is 1.28 bits per heavy atom. The van der Waals surface area contributed by atoms with Crippen molar-refractivity contribution in [2.45, 2.75) is 57.4 Å². The summed E-state index contributed by atoms with van der Waals surface area (Å²) < 4.78 is 5.57. The average molecular weight is 344 g/mol. The molecule has 1 saturated carbocycles. The van der Waals surface area contributed by atoms with Gasteiger partial charge in [0.2, 0.25) is 5.91 Å². The number of anilines is 1. The maximum absolute atomic E-state index is 11.1. The van der Waals surface area contributed by atoms with Crippen LogP contribution in [0.15, 0.2) is 12.4 Å². The van der Waals surface area contributed by atoms with Crippen molar-refractivity contribution in [2.24, 2.45) is 5.41 Å². The van der Waals surface area contributed by atoms with Gasteiger partial charge in [-0.05, 0) is 43.9 Å². The first-order valence-corrected chi connectivity index (χ1v) is 9.55. The van der Waals surface area contributed by atoms with Crippen LogP contribution in [0.2, 0.25) is 0 Å². The topological polar surface area (TPSA) is 67.4 Å². The summed E-state index contributed by atoms with van der Waals surface area (Å²) in [6.45, 7) is 5.55. The first kappa shape index (κ1) is 16.8. The molecule has 6 nitrogen and oxygen atoms in total. The highest BCUT2D eigenvalue weighted by Gasteiger charge is 2.38. The Morgan fingerprint density at radius 2 is 2.08 bits per heavy atom. The molecule has 25 heavy (non-hydrogen) atoms. The molecule has 0 unspecified atom stereocenters. The van der Waals surface area contributed by atoms with Crippen LogP contribution < -0.4 is 10.2 Å². The molecule has 1 amide bonds. The van der Waals surface area contributed by atoms with E-state index in [2.05, 4.69) is 26.3 Å². The molecule has 0 bridgehead atoms. The highest BCUT2D eigenvalue weighted by Crippen LogP contribution is 2.41. The summed E-state index contributed by atoms with van der Waals surface area (Å²) in [4.78, 5) is 22.7. The van der Waals surface area contributed by atoms with Crippen LogP contribution >= 0.6 is 0 Å². The van der Waals surface area contributed by atoms with Gasteiger partial charge in [-0.2, -0.15) is 0 Å². The van der Waals surface area contributed by atoms with Crippen LogP contribution in [0.4, 0.5) is 5.82 Å². The molecular formula is C19H28N4O2. The lowest BCUT2D eigenvalue weighted by Crippen LogP contribution is -2.46. The van der Waals surface area contributed by atoms with Crippen LogP contribution in [0.1, 0.15) is 57.1 Å². The molecule has 0 aromatic carbocycles. The zero-order chi connectivity index (χ0) is 17.3. The number of hydrogen-bond donors (Lipinski definition) is 1. The van der Waals surface area contributed by atoms with Crippen molar-refractivity contribution in [2.75, 3.05) is 31.2 Å². The van der Waals surface area contributed by atoms with Gasteiger partial charge in [-0.25, -0.2) is 9.97 Å². The lowest BCUT2D eigenvalue weighted by Gasteiger charge is -2.45. The van der Waals surface area contributed by atoms with Gasteiger partial charge in [0.05, 0.1) is 0 Å². The summed E-state index contributed by atoms with van der Waals surface area (Å²) in [6, 6.07) is 2.48. The van der Waals surface area contributed by atoms with Gasteiger partial charge >= 0.3 is 0 Å². The van der Waals surface area contributed by atoms with E-state index in [1.54, 1.807) is 13.3 Å². The lowest BCUT2D eigenvalue weighted by atomic mass is 9.74. The minimum atomic E-state index is 0.0573. The van der Waals surface area contributed by atoms with Crippen LogP contribution in [0.25, 0.3) is 0 Å². The first-order chi connectivity index (χ1) is 12.1. The number of aromatic nitrogens is 2. The molecule has 3 fully saturated rings. The first-order valence-electron chi connectivity index (χ1n) is 9.55. The van der Waals surface area contributed by atoms with Crippen molar-refractivity contribution in [1.82, 2.24) is 15.3 Å². The number of carbonyl (C=O) groups excluding carboxylic acids is 1. The number of amides is 1. The van der Waals surface area contributed by atoms with Gasteiger partial charge in [-0.3, -0.25) is 4.79 Å². The van der Waals surface area contributed by atoms with Gasteiger partial charge in [-0.15, -0.1) is 0 Å². The minimum Gasteiger partial charge on any atom is -0.381 e. The Kier molecular flexibility index (Phi) is 4.63. The van der Waals surface area contributed by atoms with E-state index in [4.69, 9.17) is 4.74 Å². The van der Waals surface area contributed by atoms with E-state index in [9.17, 15) is 4.79 Å². The van der Waals surface area contributed by atoms with E-state index in [1.807, 2.05) is 0 Å². The molecule has 2 saturated heterocycles. The fraction of sp³-hybridized carbons (Fsp3) is 0.737. The number of piperidine rings is 1. The van der Waals surface area contributed by atoms with Crippen molar-refractivity contribution in [3.8, 4) is 0 Å². The molecule has 1 aromatic heterocycles. The summed E-state index contributed by atoms with van der Waals surface area (Å²) in [5.41, 5.74) is 1.53. The van der Waals surface area contributed by atoms with Crippen LogP contribution in [0.5, 0.6) is 0 Å². The van der Waals surface area contributed by atoms with E-state index >= 15 is 0 Å². The Morgan fingerprint density at radius 3 is 2.84 bits per heavy atom. The van der Waals surface area contributed by atoms with E-state index in [0.29, 0.717) is 17.4 Å². The van der Waals surface area contributed by atoms with Crippen molar-refractivity contribution in [3.05, 3.63) is 18.1 Å². The molecule has 4 rings (SSSR count). The lowest BCUT2D eigenvalue weighted by molar-refractivity contribution is -0.120. The molecule has 2 aliphatic heterocycles. The van der Waals surface area contributed by atoms with Gasteiger partial charge < -0.3 is 15.0 Å². The molecule has 1 N–H and O–H groups in total. The van der Waals surface area contributed by atoms with Gasteiger partial charge in [-0.1, -0.05) is 0 Å². The highest BCUT2D eigenvalue weighted by atomic mass is 16.5. The van der Waals surface area contributed by atoms with Crippen molar-refractivity contribution in [1.29, 1.82) is 0 Å². The molecule has 136 valence electrons. The van der Waals surface area contributed by atoms with Gasteiger partial charge in [0.15, 0.2) is 0 Å². The van der Waals surface area contributed by atoms with Gasteiger partial charge in [0.25, 0.3) is 0 Å². The third-order valence-electron chi connectivity index (χ3n) is 6.18. The average Bonchev–Trinajstić information content (AvgIpc) is 2.58. The second kappa shape index (κ2) is 6.90. The van der Waals surface area contributed by atoms with Gasteiger partial charge in [0.1, 0.15) is 12.1 Å². The predicted octanol–water partition coefficient (Wildman–Crippen LogP) is 2.26. The van der Waals surface area contributed by atoms with Crippen molar-refractivity contribution < 1.29 is 9.53 Å². The van der Waals surface area contributed by atoms with Crippen LogP contribution in [-0.4, -0.2) is 48.2 Å². The number of hydrogen-bond acceptors (Lipinski definition) is 5. The highest BCUT2D eigenvalue weighted by molar-refractivity contribution is 5.73. The molecule has 1 aromatic rings. The summed E-state index contributed by atoms with van der Waals surface area (Å²) in [5.74, 6) is 1.57. The number of rotatable bonds is 3. The SMILES string of the molecule is CC(=O)NC1CC(c2cc(N3CCCC4(CCOCC4)C3)ncn2)C1. The standard InChI is InChI=1S/C19H28N4O2/c1-14(24)22-16-9-15(10-16)17-11-18(21-13-20-17)23-6-2-3-19(12-23)4-7-25-8-5-19/h11,13,15-16H,2-10,12H2,1H3,(H,22,24). The minimum absolute atomic E-state index is 0.0573. The Labute approximate surface area is 149 Å². The maximum Gasteiger partial charge on any atom is 0.217 e. The number of ether oxygens (including phenoxy) is 1. The number of nitrogens with one attached hydrogen (secondary N) is 1. The normalized spacial score (nSPS) is 28.4. The summed E-state index contributed by atoms with van der Waals surface area (Å²) in [6.07, 6.45) is 8.56. The third-order valence-corrected chi connectivity index (χ3v) is 6.18. The third kappa shape index (κ3) is 3.64. The van der Waals surface area contributed by atoms with E-state index in [0.717, 1.165) is 50.7 Å². The zero-order valence-corrected chi connectivity index (χ0v) is 15.0. The fourth-order valence-corrected chi connectivity index (χ4v) is 4.64. The Bertz CT molecular complexity index is 618. The number of carbonyl (C=O) groups is 1. The maximum atomic E-state index is 11.1. The molecule has 0 atom stereocenters. The molecule has 1 spiro atoms. The van der Waals surface area contributed by atoms with Crippen LogP contribution in [0, 0.1) is 5.41 Å². The van der Waals surface area contributed by atoms with Crippen LogP contribution in [0.3, 0.4) is 0 Å². The second-order valence-electron chi connectivity index (χ2n) is 8.00. The summed E-state index contributed by atoms with van der Waals surface area (Å²) >= 11 is 0. The second-order valence-corrected chi connectivity index (χ2v) is 8.00. The molecular weight excluding hydrogens is 316 g/mol. The molecule has 6 heteroatoms. The summed E-state index contributed by atoms with van der Waals surface area (Å²) in [5, 5.41) is 2.99. The largest absolute Gasteiger partial charge is 0.381 e. The zero-order valence-electron chi connectivity index (χ0n) is 15.0. The molecule has 1 aliphatic carbocycles. The Balaban J connectivity index is 1.42. The molecule has 3 aliphatic rings.